The Balaban J connectivity index is 1.68. The van der Waals surface area contributed by atoms with E-state index in [0.29, 0.717) is 17.4 Å². The van der Waals surface area contributed by atoms with Crippen molar-refractivity contribution in [2.24, 2.45) is 0 Å². The minimum absolute atomic E-state index is 0.122. The van der Waals surface area contributed by atoms with E-state index in [1.165, 1.54) is 0 Å². The Morgan fingerprint density at radius 2 is 1.87 bits per heavy atom. The largest absolute Gasteiger partial charge is 0.497 e. The molecular formula is C23H22N6O2. The quantitative estimate of drug-likeness (QED) is 0.423. The van der Waals surface area contributed by atoms with Crippen molar-refractivity contribution < 1.29 is 9.53 Å². The predicted molar refractivity (Wildman–Crippen MR) is 122 cm³/mol. The monoisotopic (exact) mass is 414 g/mol. The third-order valence-corrected chi connectivity index (χ3v) is 4.74. The molecular weight excluding hydrogens is 392 g/mol. The average Bonchev–Trinajstić information content (AvgIpc) is 2.83. The van der Waals surface area contributed by atoms with Crippen molar-refractivity contribution in [3.8, 4) is 17.0 Å². The first-order valence-corrected chi connectivity index (χ1v) is 9.73. The highest BCUT2D eigenvalue weighted by atomic mass is 16.5. The molecule has 0 aliphatic carbocycles. The summed E-state index contributed by atoms with van der Waals surface area (Å²) in [6.07, 6.45) is 5.04. The van der Waals surface area contributed by atoms with E-state index >= 15 is 0 Å². The van der Waals surface area contributed by atoms with Gasteiger partial charge < -0.3 is 20.7 Å². The Kier molecular flexibility index (Phi) is 5.89. The first-order chi connectivity index (χ1) is 15.2. The standard InChI is InChI=1S/C23H22N6O2/c1-24-23-26-10-7-20(29-23)16-11-15-3-4-18(31-2)13-19(15)21(12-16)28-22(30)14-27-17-5-8-25-9-6-17/h3-13H,14H2,1-2H3,(H,25,27)(H,28,30)(H,24,26,29). The van der Waals surface area contributed by atoms with Gasteiger partial charge in [0, 0.05) is 48.0 Å². The summed E-state index contributed by atoms with van der Waals surface area (Å²) in [5.41, 5.74) is 3.12. The minimum atomic E-state index is -0.170. The molecule has 3 N–H and O–H groups in total. The molecule has 0 fully saturated rings. The first kappa shape index (κ1) is 20.1. The van der Waals surface area contributed by atoms with E-state index in [1.807, 2.05) is 48.5 Å². The van der Waals surface area contributed by atoms with E-state index in [0.717, 1.165) is 27.7 Å². The number of nitrogens with one attached hydrogen (secondary N) is 3. The molecule has 0 saturated heterocycles. The van der Waals surface area contributed by atoms with Gasteiger partial charge in [-0.15, -0.1) is 0 Å². The van der Waals surface area contributed by atoms with Crippen molar-refractivity contribution >= 4 is 34.0 Å². The number of carbonyl (C=O) groups is 1. The van der Waals surface area contributed by atoms with Crippen molar-refractivity contribution in [2.75, 3.05) is 36.7 Å². The molecule has 0 aliphatic heterocycles. The molecule has 2 aromatic heterocycles. The van der Waals surface area contributed by atoms with Gasteiger partial charge in [0.2, 0.25) is 11.9 Å². The summed E-state index contributed by atoms with van der Waals surface area (Å²) in [4.78, 5) is 25.3. The zero-order valence-electron chi connectivity index (χ0n) is 17.2. The molecule has 156 valence electrons. The number of amides is 1. The molecule has 0 atom stereocenters. The normalized spacial score (nSPS) is 10.5. The summed E-state index contributed by atoms with van der Waals surface area (Å²) in [5, 5.41) is 10.9. The van der Waals surface area contributed by atoms with E-state index in [9.17, 15) is 4.79 Å². The second-order valence-corrected chi connectivity index (χ2v) is 6.76. The molecule has 8 heteroatoms. The first-order valence-electron chi connectivity index (χ1n) is 9.73. The van der Waals surface area contributed by atoms with Gasteiger partial charge in [-0.05, 0) is 47.9 Å². The highest BCUT2D eigenvalue weighted by molar-refractivity contribution is 6.05. The van der Waals surface area contributed by atoms with Crippen LogP contribution < -0.4 is 20.7 Å². The van der Waals surface area contributed by atoms with Crippen LogP contribution in [0.2, 0.25) is 0 Å². The lowest BCUT2D eigenvalue weighted by Gasteiger charge is -2.14. The third-order valence-electron chi connectivity index (χ3n) is 4.74. The van der Waals surface area contributed by atoms with E-state index in [4.69, 9.17) is 4.74 Å². The molecule has 4 rings (SSSR count). The van der Waals surface area contributed by atoms with Crippen molar-refractivity contribution in [1.29, 1.82) is 0 Å². The number of pyridine rings is 1. The second kappa shape index (κ2) is 9.08. The number of hydrogen-bond acceptors (Lipinski definition) is 7. The van der Waals surface area contributed by atoms with Crippen LogP contribution >= 0.6 is 0 Å². The van der Waals surface area contributed by atoms with E-state index in [2.05, 4.69) is 30.9 Å². The minimum Gasteiger partial charge on any atom is -0.497 e. The second-order valence-electron chi connectivity index (χ2n) is 6.76. The van der Waals surface area contributed by atoms with Crippen molar-refractivity contribution in [2.45, 2.75) is 0 Å². The zero-order valence-corrected chi connectivity index (χ0v) is 17.2. The van der Waals surface area contributed by atoms with E-state index < -0.39 is 0 Å². The number of hydrogen-bond donors (Lipinski definition) is 3. The number of benzene rings is 2. The van der Waals surface area contributed by atoms with Gasteiger partial charge in [0.15, 0.2) is 0 Å². The van der Waals surface area contributed by atoms with Gasteiger partial charge in [-0.25, -0.2) is 9.97 Å². The number of nitrogens with zero attached hydrogens (tertiary/aromatic N) is 3. The summed E-state index contributed by atoms with van der Waals surface area (Å²) in [6, 6.07) is 15.1. The van der Waals surface area contributed by atoms with Gasteiger partial charge in [0.05, 0.1) is 19.3 Å². The fourth-order valence-electron chi connectivity index (χ4n) is 3.20. The number of rotatable bonds is 7. The summed E-state index contributed by atoms with van der Waals surface area (Å²) in [7, 11) is 3.39. The molecule has 0 radical (unpaired) electrons. The summed E-state index contributed by atoms with van der Waals surface area (Å²) < 4.78 is 5.37. The molecule has 0 bridgehead atoms. The smallest absolute Gasteiger partial charge is 0.243 e. The van der Waals surface area contributed by atoms with Gasteiger partial charge in [-0.2, -0.15) is 0 Å². The third kappa shape index (κ3) is 4.69. The Morgan fingerprint density at radius 3 is 2.65 bits per heavy atom. The molecule has 0 spiro atoms. The van der Waals surface area contributed by atoms with Gasteiger partial charge in [0.1, 0.15) is 5.75 Å². The van der Waals surface area contributed by atoms with Crippen LogP contribution in [0.15, 0.2) is 67.1 Å². The molecule has 31 heavy (non-hydrogen) atoms. The highest BCUT2D eigenvalue weighted by Gasteiger charge is 2.12. The van der Waals surface area contributed by atoms with Crippen molar-refractivity contribution in [1.82, 2.24) is 15.0 Å². The number of fused-ring (bicyclic) bond motifs is 1. The maximum Gasteiger partial charge on any atom is 0.243 e. The molecule has 0 unspecified atom stereocenters. The van der Waals surface area contributed by atoms with Gasteiger partial charge >= 0.3 is 0 Å². The van der Waals surface area contributed by atoms with Crippen molar-refractivity contribution in [3.05, 3.63) is 67.1 Å². The van der Waals surface area contributed by atoms with Crippen LogP contribution in [-0.4, -0.2) is 41.6 Å². The Hall–Kier alpha value is -4.20. The predicted octanol–water partition coefficient (Wildman–Crippen LogP) is 3.79. The maximum absolute atomic E-state index is 12.7. The SMILES string of the molecule is CNc1nccc(-c2cc(NC(=O)CNc3ccncc3)c3cc(OC)ccc3c2)n1. The molecule has 2 heterocycles. The van der Waals surface area contributed by atoms with Gasteiger partial charge in [-0.3, -0.25) is 9.78 Å². The molecule has 0 aliphatic rings. The number of ether oxygens (including phenoxy) is 1. The molecule has 2 aromatic carbocycles. The Morgan fingerprint density at radius 1 is 1.03 bits per heavy atom. The van der Waals surface area contributed by atoms with Crippen LogP contribution in [0.3, 0.4) is 0 Å². The Labute approximate surface area is 179 Å². The fraction of sp³-hybridized carbons (Fsp3) is 0.130. The molecule has 8 nitrogen and oxygen atoms in total. The average molecular weight is 414 g/mol. The number of carbonyl (C=O) groups excluding carboxylic acids is 1. The lowest BCUT2D eigenvalue weighted by Crippen LogP contribution is -2.21. The van der Waals surface area contributed by atoms with E-state index in [-0.39, 0.29) is 12.5 Å². The van der Waals surface area contributed by atoms with Crippen LogP contribution in [0.25, 0.3) is 22.0 Å². The van der Waals surface area contributed by atoms with E-state index in [1.54, 1.807) is 32.7 Å². The molecule has 0 saturated carbocycles. The number of anilines is 3. The Bertz CT molecular complexity index is 1210. The maximum atomic E-state index is 12.7. The summed E-state index contributed by atoms with van der Waals surface area (Å²) in [5.74, 6) is 1.07. The van der Waals surface area contributed by atoms with Crippen LogP contribution in [0.1, 0.15) is 0 Å². The molecule has 4 aromatic rings. The zero-order chi connectivity index (χ0) is 21.6. The van der Waals surface area contributed by atoms with Gasteiger partial charge in [-0.1, -0.05) is 6.07 Å². The van der Waals surface area contributed by atoms with Gasteiger partial charge in [0.25, 0.3) is 0 Å². The fourth-order valence-corrected chi connectivity index (χ4v) is 3.20. The topological polar surface area (TPSA) is 101 Å². The van der Waals surface area contributed by atoms with Crippen LogP contribution in [0.4, 0.5) is 17.3 Å². The lowest BCUT2D eigenvalue weighted by molar-refractivity contribution is -0.114. The molecule has 1 amide bonds. The highest BCUT2D eigenvalue weighted by Crippen LogP contribution is 2.33. The number of methoxy groups -OCH3 is 1. The van der Waals surface area contributed by atoms with Crippen LogP contribution in [0.5, 0.6) is 5.75 Å². The lowest BCUT2D eigenvalue weighted by atomic mass is 10.0. The summed E-state index contributed by atoms with van der Waals surface area (Å²) >= 11 is 0. The van der Waals surface area contributed by atoms with Crippen LogP contribution in [0, 0.1) is 0 Å². The van der Waals surface area contributed by atoms with Crippen LogP contribution in [-0.2, 0) is 4.79 Å². The summed E-state index contributed by atoms with van der Waals surface area (Å²) in [6.45, 7) is 0.122. The van der Waals surface area contributed by atoms with Crippen molar-refractivity contribution in [3.63, 3.8) is 0 Å². The number of aromatic nitrogens is 3.